The molecule has 0 aliphatic heterocycles. The van der Waals surface area contributed by atoms with Crippen LogP contribution >= 0.6 is 23.4 Å². The number of amides is 3. The van der Waals surface area contributed by atoms with Gasteiger partial charge in [0.25, 0.3) is 11.1 Å². The first-order valence-corrected chi connectivity index (χ1v) is 8.01. The van der Waals surface area contributed by atoms with Crippen molar-refractivity contribution in [2.75, 3.05) is 12.4 Å². The number of hydrogen-bond donors (Lipinski definition) is 3. The van der Waals surface area contributed by atoms with Gasteiger partial charge in [0.2, 0.25) is 5.91 Å². The topological polar surface area (TPSA) is 101 Å². The Morgan fingerprint density at radius 1 is 1.32 bits per heavy atom. The summed E-state index contributed by atoms with van der Waals surface area (Å²) in [4.78, 5) is 35.4. The summed E-state index contributed by atoms with van der Waals surface area (Å²) in [5.74, 6) is -0.616. The van der Waals surface area contributed by atoms with Crippen LogP contribution in [0.25, 0.3) is 0 Å². The second-order valence-corrected chi connectivity index (χ2v) is 5.85. The molecule has 3 amide bonds. The van der Waals surface area contributed by atoms with E-state index in [2.05, 4.69) is 10.6 Å². The van der Waals surface area contributed by atoms with Gasteiger partial charge in [-0.1, -0.05) is 12.1 Å². The van der Waals surface area contributed by atoms with Crippen molar-refractivity contribution in [3.8, 4) is 0 Å². The molecule has 0 aromatic heterocycles. The smallest absolute Gasteiger partial charge is 0.283 e. The second kappa shape index (κ2) is 9.32. The molecule has 8 heteroatoms. The minimum atomic E-state index is -0.789. The highest BCUT2D eigenvalue weighted by Crippen LogP contribution is 2.23. The Kier molecular flexibility index (Phi) is 7.76. The Bertz CT molecular complexity index is 554. The van der Waals surface area contributed by atoms with Crippen molar-refractivity contribution in [2.24, 2.45) is 5.73 Å². The lowest BCUT2D eigenvalue weighted by molar-refractivity contribution is -0.119. The zero-order chi connectivity index (χ0) is 16.5. The monoisotopic (exact) mass is 343 g/mol. The standard InChI is InChI=1S/C14H18ClN3O3S/c1-9(12(16)19)18-13(20)10-5-2-3-6-11(10)22-14(21)17-8-4-7-15/h2-3,5-6,9H,4,7-8H2,1H3,(H2,16,19)(H,17,21)(H,18,20)/t9-/m0/s1. The molecule has 1 rings (SSSR count). The van der Waals surface area contributed by atoms with E-state index in [9.17, 15) is 14.4 Å². The van der Waals surface area contributed by atoms with Crippen LogP contribution < -0.4 is 16.4 Å². The van der Waals surface area contributed by atoms with Crippen LogP contribution in [-0.2, 0) is 4.79 Å². The highest BCUT2D eigenvalue weighted by Gasteiger charge is 2.18. The van der Waals surface area contributed by atoms with Gasteiger partial charge >= 0.3 is 0 Å². The molecule has 0 fully saturated rings. The molecule has 120 valence electrons. The van der Waals surface area contributed by atoms with Crippen molar-refractivity contribution in [1.82, 2.24) is 10.6 Å². The van der Waals surface area contributed by atoms with Crippen LogP contribution in [0.15, 0.2) is 29.2 Å². The highest BCUT2D eigenvalue weighted by atomic mass is 35.5. The zero-order valence-electron chi connectivity index (χ0n) is 12.1. The number of thioether (sulfide) groups is 1. The van der Waals surface area contributed by atoms with Gasteiger partial charge in [0, 0.05) is 17.3 Å². The van der Waals surface area contributed by atoms with Crippen molar-refractivity contribution in [2.45, 2.75) is 24.3 Å². The summed E-state index contributed by atoms with van der Waals surface area (Å²) in [5.41, 5.74) is 5.43. The molecule has 0 aliphatic carbocycles. The van der Waals surface area contributed by atoms with Gasteiger partial charge in [0.15, 0.2) is 0 Å². The van der Waals surface area contributed by atoms with Crippen molar-refractivity contribution < 1.29 is 14.4 Å². The van der Waals surface area contributed by atoms with Crippen LogP contribution in [0.5, 0.6) is 0 Å². The highest BCUT2D eigenvalue weighted by molar-refractivity contribution is 8.13. The third kappa shape index (κ3) is 5.95. The summed E-state index contributed by atoms with van der Waals surface area (Å²) >= 11 is 6.45. The molecule has 1 atom stereocenters. The lowest BCUT2D eigenvalue weighted by Crippen LogP contribution is -2.42. The Morgan fingerprint density at radius 3 is 2.64 bits per heavy atom. The number of nitrogens with two attached hydrogens (primary N) is 1. The lowest BCUT2D eigenvalue weighted by atomic mass is 10.2. The van der Waals surface area contributed by atoms with Crippen molar-refractivity contribution >= 4 is 40.4 Å². The van der Waals surface area contributed by atoms with E-state index in [4.69, 9.17) is 17.3 Å². The van der Waals surface area contributed by atoms with Crippen molar-refractivity contribution in [1.29, 1.82) is 0 Å². The number of hydrogen-bond acceptors (Lipinski definition) is 4. The van der Waals surface area contributed by atoms with Crippen LogP contribution in [0.3, 0.4) is 0 Å². The predicted octanol–water partition coefficient (Wildman–Crippen LogP) is 1.72. The summed E-state index contributed by atoms with van der Waals surface area (Å²) in [6.07, 6.45) is 0.673. The molecule has 0 aliphatic rings. The van der Waals surface area contributed by atoms with Gasteiger partial charge in [-0.15, -0.1) is 11.6 Å². The number of nitrogens with one attached hydrogen (secondary N) is 2. The molecule has 0 heterocycles. The van der Waals surface area contributed by atoms with E-state index in [1.165, 1.54) is 6.92 Å². The average molecular weight is 344 g/mol. The summed E-state index contributed by atoms with van der Waals surface area (Å²) in [6.45, 7) is 1.97. The third-order valence-electron chi connectivity index (χ3n) is 2.69. The molecule has 0 unspecified atom stereocenters. The van der Waals surface area contributed by atoms with E-state index in [1.54, 1.807) is 24.3 Å². The Morgan fingerprint density at radius 2 is 2.00 bits per heavy atom. The Balaban J connectivity index is 2.74. The van der Waals surface area contributed by atoms with E-state index < -0.39 is 17.9 Å². The molecule has 0 saturated carbocycles. The first-order chi connectivity index (χ1) is 10.5. The maximum absolute atomic E-state index is 12.1. The van der Waals surface area contributed by atoms with Gasteiger partial charge in [-0.25, -0.2) is 0 Å². The molecule has 1 aromatic carbocycles. The predicted molar refractivity (Wildman–Crippen MR) is 87.2 cm³/mol. The summed E-state index contributed by atoms with van der Waals surface area (Å²) < 4.78 is 0. The Hall–Kier alpha value is -1.73. The third-order valence-corrected chi connectivity index (χ3v) is 3.86. The van der Waals surface area contributed by atoms with Crippen LogP contribution in [0.4, 0.5) is 4.79 Å². The number of halogens is 1. The molecular formula is C14H18ClN3O3S. The summed E-state index contributed by atoms with van der Waals surface area (Å²) in [6, 6.07) is 5.86. The molecule has 22 heavy (non-hydrogen) atoms. The average Bonchev–Trinajstić information content (AvgIpc) is 2.47. The number of primary amides is 1. The zero-order valence-corrected chi connectivity index (χ0v) is 13.7. The van der Waals surface area contributed by atoms with Gasteiger partial charge in [0.1, 0.15) is 6.04 Å². The van der Waals surface area contributed by atoms with E-state index in [0.717, 1.165) is 11.8 Å². The fourth-order valence-corrected chi connectivity index (χ4v) is 2.41. The summed E-state index contributed by atoms with van der Waals surface area (Å²) in [5, 5.41) is 4.91. The minimum Gasteiger partial charge on any atom is -0.368 e. The number of carbonyl (C=O) groups excluding carboxylic acids is 3. The first-order valence-electron chi connectivity index (χ1n) is 6.66. The van der Waals surface area contributed by atoms with Crippen molar-refractivity contribution in [3.05, 3.63) is 29.8 Å². The molecule has 0 saturated heterocycles. The quantitative estimate of drug-likeness (QED) is 0.398. The molecular weight excluding hydrogens is 326 g/mol. The molecule has 0 spiro atoms. The summed E-state index contributed by atoms with van der Waals surface area (Å²) in [7, 11) is 0. The Labute approximate surface area is 138 Å². The van der Waals surface area contributed by atoms with Gasteiger partial charge < -0.3 is 16.4 Å². The van der Waals surface area contributed by atoms with E-state index >= 15 is 0 Å². The van der Waals surface area contributed by atoms with Gasteiger partial charge in [-0.2, -0.15) is 0 Å². The van der Waals surface area contributed by atoms with E-state index in [1.807, 2.05) is 0 Å². The van der Waals surface area contributed by atoms with Crippen LogP contribution in [0.2, 0.25) is 0 Å². The first kappa shape index (κ1) is 18.3. The largest absolute Gasteiger partial charge is 0.368 e. The van der Waals surface area contributed by atoms with Gasteiger partial charge in [0.05, 0.1) is 5.56 Å². The van der Waals surface area contributed by atoms with E-state index in [0.29, 0.717) is 29.3 Å². The normalized spacial score (nSPS) is 11.5. The molecule has 6 nitrogen and oxygen atoms in total. The van der Waals surface area contributed by atoms with Crippen molar-refractivity contribution in [3.63, 3.8) is 0 Å². The SMILES string of the molecule is C[C@H](NC(=O)c1ccccc1SC(=O)NCCCCl)C(N)=O. The van der Waals surface area contributed by atoms with E-state index in [-0.39, 0.29) is 5.24 Å². The molecule has 0 bridgehead atoms. The maximum atomic E-state index is 12.1. The van der Waals surface area contributed by atoms with Crippen LogP contribution in [0.1, 0.15) is 23.7 Å². The molecule has 1 aromatic rings. The number of benzene rings is 1. The van der Waals surface area contributed by atoms with Gasteiger partial charge in [-0.3, -0.25) is 14.4 Å². The minimum absolute atomic E-state index is 0.270. The fourth-order valence-electron chi connectivity index (χ4n) is 1.48. The maximum Gasteiger partial charge on any atom is 0.283 e. The van der Waals surface area contributed by atoms with Crippen LogP contribution in [0, 0.1) is 0 Å². The second-order valence-electron chi connectivity index (χ2n) is 4.45. The van der Waals surface area contributed by atoms with Gasteiger partial charge in [-0.05, 0) is 37.2 Å². The van der Waals surface area contributed by atoms with Crippen LogP contribution in [-0.4, -0.2) is 35.5 Å². The number of rotatable bonds is 7. The molecule has 0 radical (unpaired) electrons. The number of alkyl halides is 1. The fraction of sp³-hybridized carbons (Fsp3) is 0.357. The number of carbonyl (C=O) groups is 3. The lowest BCUT2D eigenvalue weighted by Gasteiger charge is -2.12. The molecule has 4 N–H and O–H groups in total.